The van der Waals surface area contributed by atoms with Gasteiger partial charge in [-0.25, -0.2) is 0 Å². The standard InChI is InChI=1S/C18H24N2O3.2ClH/c1-21-18-5-4-15(12-19-13-17-3-2-8-23-17)11-16(18)14-20-6-9-22-10-7-20;;/h2-5,8,11,19H,6-7,9-10,12-14H2,1H3;2*1H. The van der Waals surface area contributed by atoms with Gasteiger partial charge in [0.05, 0.1) is 33.1 Å². The number of hydrogen-bond donors (Lipinski definition) is 1. The third kappa shape index (κ3) is 6.53. The third-order valence-electron chi connectivity index (χ3n) is 4.05. The Morgan fingerprint density at radius 3 is 2.60 bits per heavy atom. The van der Waals surface area contributed by atoms with Gasteiger partial charge in [-0.3, -0.25) is 4.90 Å². The van der Waals surface area contributed by atoms with E-state index in [1.165, 1.54) is 11.1 Å². The van der Waals surface area contributed by atoms with Crippen molar-refractivity contribution in [2.45, 2.75) is 19.6 Å². The second-order valence-corrected chi connectivity index (χ2v) is 5.72. The number of nitrogens with one attached hydrogen (secondary N) is 1. The first-order chi connectivity index (χ1) is 11.3. The highest BCUT2D eigenvalue weighted by atomic mass is 35.5. The Bertz CT molecular complexity index is 602. The molecule has 0 atom stereocenters. The van der Waals surface area contributed by atoms with Crippen LogP contribution < -0.4 is 10.1 Å². The molecule has 0 unspecified atom stereocenters. The minimum atomic E-state index is 0. The minimum absolute atomic E-state index is 0. The van der Waals surface area contributed by atoms with E-state index in [-0.39, 0.29) is 24.8 Å². The average Bonchev–Trinajstić information content (AvgIpc) is 3.09. The molecule has 5 nitrogen and oxygen atoms in total. The zero-order valence-electron chi connectivity index (χ0n) is 14.4. The molecule has 25 heavy (non-hydrogen) atoms. The summed E-state index contributed by atoms with van der Waals surface area (Å²) >= 11 is 0. The fourth-order valence-corrected chi connectivity index (χ4v) is 2.81. The van der Waals surface area contributed by atoms with Crippen LogP contribution in [0, 0.1) is 0 Å². The Labute approximate surface area is 161 Å². The normalized spacial score (nSPS) is 14.4. The number of methoxy groups -OCH3 is 1. The van der Waals surface area contributed by atoms with Crippen LogP contribution >= 0.6 is 24.8 Å². The molecule has 7 heteroatoms. The second kappa shape index (κ2) is 11.4. The van der Waals surface area contributed by atoms with Crippen LogP contribution in [-0.4, -0.2) is 38.3 Å². The van der Waals surface area contributed by atoms with Gasteiger partial charge in [-0.2, -0.15) is 0 Å². The summed E-state index contributed by atoms with van der Waals surface area (Å²) in [4.78, 5) is 2.40. The van der Waals surface area contributed by atoms with Crippen LogP contribution in [0.2, 0.25) is 0 Å². The second-order valence-electron chi connectivity index (χ2n) is 5.72. The molecule has 2 aromatic rings. The van der Waals surface area contributed by atoms with Gasteiger partial charge in [0.1, 0.15) is 11.5 Å². The Balaban J connectivity index is 0.00000156. The van der Waals surface area contributed by atoms with Crippen LogP contribution in [0.25, 0.3) is 0 Å². The van der Waals surface area contributed by atoms with Gasteiger partial charge in [-0.1, -0.05) is 6.07 Å². The summed E-state index contributed by atoms with van der Waals surface area (Å²) in [6, 6.07) is 10.3. The van der Waals surface area contributed by atoms with Crippen molar-refractivity contribution < 1.29 is 13.9 Å². The minimum Gasteiger partial charge on any atom is -0.496 e. The molecule has 140 valence electrons. The molecule has 1 aliphatic heterocycles. The molecule has 0 spiro atoms. The fourth-order valence-electron chi connectivity index (χ4n) is 2.81. The molecular formula is C18H26Cl2N2O3. The lowest BCUT2D eigenvalue weighted by atomic mass is 10.1. The highest BCUT2D eigenvalue weighted by molar-refractivity contribution is 5.85. The van der Waals surface area contributed by atoms with Crippen LogP contribution in [0.5, 0.6) is 5.75 Å². The lowest BCUT2D eigenvalue weighted by Gasteiger charge is -2.27. The summed E-state index contributed by atoms with van der Waals surface area (Å²) in [6.45, 7) is 6.02. The van der Waals surface area contributed by atoms with E-state index in [1.54, 1.807) is 13.4 Å². The number of hydrogen-bond acceptors (Lipinski definition) is 5. The van der Waals surface area contributed by atoms with E-state index in [0.29, 0.717) is 0 Å². The van der Waals surface area contributed by atoms with Gasteiger partial charge in [0.15, 0.2) is 0 Å². The fraction of sp³-hybridized carbons (Fsp3) is 0.444. The number of ether oxygens (including phenoxy) is 2. The van der Waals surface area contributed by atoms with Crippen LogP contribution in [0.4, 0.5) is 0 Å². The number of morpholine rings is 1. The van der Waals surface area contributed by atoms with E-state index in [4.69, 9.17) is 13.9 Å². The molecule has 1 aliphatic rings. The first-order valence-corrected chi connectivity index (χ1v) is 8.04. The zero-order valence-corrected chi connectivity index (χ0v) is 16.0. The molecule has 1 N–H and O–H groups in total. The van der Waals surface area contributed by atoms with E-state index in [2.05, 4.69) is 28.4 Å². The molecular weight excluding hydrogens is 363 g/mol. The van der Waals surface area contributed by atoms with Gasteiger partial charge in [-0.15, -0.1) is 24.8 Å². The number of benzene rings is 1. The Morgan fingerprint density at radius 2 is 1.92 bits per heavy atom. The SMILES string of the molecule is COc1ccc(CNCc2ccco2)cc1CN1CCOCC1.Cl.Cl. The quantitative estimate of drug-likeness (QED) is 0.788. The first-order valence-electron chi connectivity index (χ1n) is 8.04. The van der Waals surface area contributed by atoms with E-state index < -0.39 is 0 Å². The van der Waals surface area contributed by atoms with Crippen molar-refractivity contribution in [1.29, 1.82) is 0 Å². The van der Waals surface area contributed by atoms with Crippen molar-refractivity contribution in [3.63, 3.8) is 0 Å². The molecule has 0 radical (unpaired) electrons. The van der Waals surface area contributed by atoms with Crippen molar-refractivity contribution in [3.8, 4) is 5.75 Å². The molecule has 1 aromatic heterocycles. The molecule has 0 amide bonds. The van der Waals surface area contributed by atoms with Crippen LogP contribution in [0.3, 0.4) is 0 Å². The monoisotopic (exact) mass is 388 g/mol. The summed E-state index contributed by atoms with van der Waals surface area (Å²) < 4.78 is 16.3. The van der Waals surface area contributed by atoms with Crippen molar-refractivity contribution in [2.24, 2.45) is 0 Å². The maximum atomic E-state index is 5.51. The number of nitrogens with zero attached hydrogens (tertiary/aromatic N) is 1. The third-order valence-corrected chi connectivity index (χ3v) is 4.05. The van der Waals surface area contributed by atoms with Gasteiger partial charge >= 0.3 is 0 Å². The molecule has 1 aromatic carbocycles. The molecule has 0 aliphatic carbocycles. The van der Waals surface area contributed by atoms with Gasteiger partial charge < -0.3 is 19.2 Å². The Hall–Kier alpha value is -1.24. The topological polar surface area (TPSA) is 46.9 Å². The van der Waals surface area contributed by atoms with Crippen molar-refractivity contribution in [1.82, 2.24) is 10.2 Å². The molecule has 0 bridgehead atoms. The van der Waals surface area contributed by atoms with E-state index in [9.17, 15) is 0 Å². The summed E-state index contributed by atoms with van der Waals surface area (Å²) in [6.07, 6.45) is 1.70. The zero-order chi connectivity index (χ0) is 15.9. The molecule has 3 rings (SSSR count). The summed E-state index contributed by atoms with van der Waals surface area (Å²) in [5, 5.41) is 3.40. The van der Waals surface area contributed by atoms with E-state index in [0.717, 1.165) is 57.4 Å². The summed E-state index contributed by atoms with van der Waals surface area (Å²) in [7, 11) is 1.73. The average molecular weight is 389 g/mol. The summed E-state index contributed by atoms with van der Waals surface area (Å²) in [5.41, 5.74) is 2.48. The highest BCUT2D eigenvalue weighted by Crippen LogP contribution is 2.22. The largest absolute Gasteiger partial charge is 0.496 e. The number of halogens is 2. The highest BCUT2D eigenvalue weighted by Gasteiger charge is 2.13. The Kier molecular flexibility index (Phi) is 9.93. The maximum Gasteiger partial charge on any atom is 0.123 e. The molecule has 1 saturated heterocycles. The van der Waals surface area contributed by atoms with E-state index in [1.807, 2.05) is 12.1 Å². The first kappa shape index (κ1) is 21.8. The van der Waals surface area contributed by atoms with E-state index >= 15 is 0 Å². The van der Waals surface area contributed by atoms with Crippen LogP contribution in [0.1, 0.15) is 16.9 Å². The maximum absolute atomic E-state index is 5.51. The van der Waals surface area contributed by atoms with Crippen LogP contribution in [-0.2, 0) is 24.4 Å². The lowest BCUT2D eigenvalue weighted by molar-refractivity contribution is 0.0339. The van der Waals surface area contributed by atoms with Gasteiger partial charge in [0.2, 0.25) is 0 Å². The molecule has 2 heterocycles. The van der Waals surface area contributed by atoms with Gasteiger partial charge in [0, 0.05) is 31.7 Å². The molecule has 1 fully saturated rings. The Morgan fingerprint density at radius 1 is 1.12 bits per heavy atom. The lowest BCUT2D eigenvalue weighted by Crippen LogP contribution is -2.35. The molecule has 0 saturated carbocycles. The smallest absolute Gasteiger partial charge is 0.123 e. The van der Waals surface area contributed by atoms with Crippen LogP contribution in [0.15, 0.2) is 41.0 Å². The number of rotatable bonds is 7. The van der Waals surface area contributed by atoms with Gasteiger partial charge in [-0.05, 0) is 29.8 Å². The predicted molar refractivity (Wildman–Crippen MR) is 103 cm³/mol. The summed E-state index contributed by atoms with van der Waals surface area (Å²) in [5.74, 6) is 1.90. The van der Waals surface area contributed by atoms with Crippen molar-refractivity contribution >= 4 is 24.8 Å². The van der Waals surface area contributed by atoms with Gasteiger partial charge in [0.25, 0.3) is 0 Å². The predicted octanol–water partition coefficient (Wildman–Crippen LogP) is 3.25. The number of furan rings is 1. The van der Waals surface area contributed by atoms with Crippen molar-refractivity contribution in [3.05, 3.63) is 53.5 Å². The van der Waals surface area contributed by atoms with Crippen molar-refractivity contribution in [2.75, 3.05) is 33.4 Å².